The summed E-state index contributed by atoms with van der Waals surface area (Å²) < 4.78 is 29.1. The Labute approximate surface area is 112 Å². The van der Waals surface area contributed by atoms with E-state index in [-0.39, 0.29) is 28.5 Å². The van der Waals surface area contributed by atoms with Crippen LogP contribution in [-0.2, 0) is 14.6 Å². The molecule has 5 heteroatoms. The third-order valence-electron chi connectivity index (χ3n) is 3.95. The van der Waals surface area contributed by atoms with Crippen molar-refractivity contribution in [3.63, 3.8) is 0 Å². The van der Waals surface area contributed by atoms with Gasteiger partial charge in [0.05, 0.1) is 28.5 Å². The highest BCUT2D eigenvalue weighted by Gasteiger charge is 2.39. The molecule has 1 aliphatic carbocycles. The Hall–Kier alpha value is 0.390. The summed E-state index contributed by atoms with van der Waals surface area (Å²) in [4.78, 5) is -0.0214. The van der Waals surface area contributed by atoms with Crippen molar-refractivity contribution >= 4 is 25.8 Å². The molecule has 1 saturated carbocycles. The lowest BCUT2D eigenvalue weighted by Crippen LogP contribution is -2.35. The summed E-state index contributed by atoms with van der Waals surface area (Å²) in [6, 6.07) is 0. The van der Waals surface area contributed by atoms with Gasteiger partial charge in [0, 0.05) is 0 Å². The Balaban J connectivity index is 1.96. The van der Waals surface area contributed by atoms with E-state index in [1.807, 2.05) is 0 Å². The maximum absolute atomic E-state index is 11.5. The third kappa shape index (κ3) is 3.44. The fraction of sp³-hybridized carbons (Fsp3) is 1.00. The highest BCUT2D eigenvalue weighted by atomic mass is 79.9. The normalized spacial score (nSPS) is 41.5. The highest BCUT2D eigenvalue weighted by Crippen LogP contribution is 2.33. The van der Waals surface area contributed by atoms with Crippen LogP contribution in [0, 0.1) is 5.92 Å². The first-order chi connectivity index (χ1) is 8.02. The monoisotopic (exact) mass is 324 g/mol. The molecule has 0 radical (unpaired) electrons. The van der Waals surface area contributed by atoms with E-state index in [2.05, 4.69) is 22.9 Å². The van der Waals surface area contributed by atoms with Gasteiger partial charge < -0.3 is 4.74 Å². The first-order valence-electron chi connectivity index (χ1n) is 6.52. The van der Waals surface area contributed by atoms with E-state index >= 15 is 0 Å². The zero-order chi connectivity index (χ0) is 12.5. The van der Waals surface area contributed by atoms with Crippen LogP contribution in [0.25, 0.3) is 0 Å². The van der Waals surface area contributed by atoms with E-state index in [0.29, 0.717) is 5.92 Å². The minimum Gasteiger partial charge on any atom is -0.372 e. The average molecular weight is 325 g/mol. The molecule has 4 unspecified atom stereocenters. The SMILES string of the molecule is CCC1CCCCC1OC1CS(=O)(=O)CC1Br. The standard InChI is InChI=1S/C12H21BrO3S/c1-2-9-5-3-4-6-11(9)16-12-8-17(14,15)7-10(12)13/h9-12H,2-8H2,1H3. The fourth-order valence-corrected chi connectivity index (χ4v) is 6.36. The lowest BCUT2D eigenvalue weighted by atomic mass is 9.84. The number of alkyl halides is 1. The zero-order valence-corrected chi connectivity index (χ0v) is 12.7. The lowest BCUT2D eigenvalue weighted by molar-refractivity contribution is -0.0473. The van der Waals surface area contributed by atoms with Gasteiger partial charge in [-0.2, -0.15) is 0 Å². The van der Waals surface area contributed by atoms with Crippen molar-refractivity contribution in [3.8, 4) is 0 Å². The third-order valence-corrected chi connectivity index (χ3v) is 6.99. The van der Waals surface area contributed by atoms with E-state index in [1.165, 1.54) is 19.3 Å². The minimum absolute atomic E-state index is 0.0214. The van der Waals surface area contributed by atoms with E-state index < -0.39 is 9.84 Å². The second-order valence-corrected chi connectivity index (χ2v) is 8.59. The van der Waals surface area contributed by atoms with Gasteiger partial charge in [0.1, 0.15) is 0 Å². The van der Waals surface area contributed by atoms with Gasteiger partial charge in [0.25, 0.3) is 0 Å². The van der Waals surface area contributed by atoms with Gasteiger partial charge in [-0.15, -0.1) is 0 Å². The molecule has 100 valence electrons. The van der Waals surface area contributed by atoms with E-state index in [0.717, 1.165) is 12.8 Å². The fourth-order valence-electron chi connectivity index (χ4n) is 2.94. The van der Waals surface area contributed by atoms with Gasteiger partial charge in [0.15, 0.2) is 9.84 Å². The summed E-state index contributed by atoms with van der Waals surface area (Å²) in [5.41, 5.74) is 0. The van der Waals surface area contributed by atoms with Crippen molar-refractivity contribution in [2.75, 3.05) is 11.5 Å². The maximum atomic E-state index is 11.5. The Kier molecular flexibility index (Phi) is 4.53. The van der Waals surface area contributed by atoms with Gasteiger partial charge in [0.2, 0.25) is 0 Å². The molecule has 0 aromatic heterocycles. The van der Waals surface area contributed by atoms with E-state index in [9.17, 15) is 8.42 Å². The number of hydrogen-bond acceptors (Lipinski definition) is 3. The molecule has 0 aromatic carbocycles. The van der Waals surface area contributed by atoms with Gasteiger partial charge in [-0.25, -0.2) is 8.42 Å². The molecule has 2 fully saturated rings. The summed E-state index contributed by atoms with van der Waals surface area (Å²) in [6.45, 7) is 2.20. The van der Waals surface area contributed by atoms with Crippen molar-refractivity contribution in [1.29, 1.82) is 0 Å². The summed E-state index contributed by atoms with van der Waals surface area (Å²) in [6.07, 6.45) is 6.09. The van der Waals surface area contributed by atoms with Crippen LogP contribution in [0.5, 0.6) is 0 Å². The molecule has 17 heavy (non-hydrogen) atoms. The van der Waals surface area contributed by atoms with Crippen molar-refractivity contribution < 1.29 is 13.2 Å². The van der Waals surface area contributed by atoms with Gasteiger partial charge in [-0.1, -0.05) is 42.1 Å². The van der Waals surface area contributed by atoms with Crippen LogP contribution >= 0.6 is 15.9 Å². The molecule has 0 N–H and O–H groups in total. The number of sulfone groups is 1. The Morgan fingerprint density at radius 2 is 1.88 bits per heavy atom. The van der Waals surface area contributed by atoms with Crippen molar-refractivity contribution in [2.24, 2.45) is 5.92 Å². The number of rotatable bonds is 3. The Morgan fingerprint density at radius 1 is 1.18 bits per heavy atom. The molecule has 1 saturated heterocycles. The second kappa shape index (κ2) is 5.57. The predicted molar refractivity (Wildman–Crippen MR) is 72.3 cm³/mol. The average Bonchev–Trinajstić information content (AvgIpc) is 2.52. The lowest BCUT2D eigenvalue weighted by Gasteiger charge is -2.33. The largest absolute Gasteiger partial charge is 0.372 e. The Bertz CT molecular complexity index is 355. The maximum Gasteiger partial charge on any atom is 0.154 e. The highest BCUT2D eigenvalue weighted by molar-refractivity contribution is 9.09. The molecule has 2 aliphatic rings. The van der Waals surface area contributed by atoms with Gasteiger partial charge in [-0.05, 0) is 18.8 Å². The van der Waals surface area contributed by atoms with Crippen molar-refractivity contribution in [1.82, 2.24) is 0 Å². The van der Waals surface area contributed by atoms with Crippen LogP contribution in [0.1, 0.15) is 39.0 Å². The smallest absolute Gasteiger partial charge is 0.154 e. The quantitative estimate of drug-likeness (QED) is 0.749. The predicted octanol–water partition coefficient (Wildman–Crippen LogP) is 2.53. The topological polar surface area (TPSA) is 43.4 Å². The van der Waals surface area contributed by atoms with Crippen LogP contribution in [-0.4, -0.2) is 37.0 Å². The summed E-state index contributed by atoms with van der Waals surface area (Å²) in [7, 11) is -2.89. The van der Waals surface area contributed by atoms with Crippen molar-refractivity contribution in [3.05, 3.63) is 0 Å². The molecule has 0 bridgehead atoms. The van der Waals surface area contributed by atoms with Crippen molar-refractivity contribution in [2.45, 2.75) is 56.1 Å². The molecule has 0 spiro atoms. The van der Waals surface area contributed by atoms with Crippen LogP contribution in [0.4, 0.5) is 0 Å². The minimum atomic E-state index is -2.89. The van der Waals surface area contributed by atoms with Crippen LogP contribution in [0.2, 0.25) is 0 Å². The molecule has 0 aromatic rings. The number of halogens is 1. The second-order valence-electron chi connectivity index (χ2n) is 5.26. The molecule has 3 nitrogen and oxygen atoms in total. The number of ether oxygens (including phenoxy) is 1. The molecular weight excluding hydrogens is 304 g/mol. The molecule has 1 heterocycles. The molecule has 1 aliphatic heterocycles. The summed E-state index contributed by atoms with van der Waals surface area (Å²) >= 11 is 3.44. The van der Waals surface area contributed by atoms with Crippen LogP contribution in [0.3, 0.4) is 0 Å². The molecule has 0 amide bonds. The van der Waals surface area contributed by atoms with Gasteiger partial charge >= 0.3 is 0 Å². The molecule has 2 rings (SSSR count). The first kappa shape index (κ1) is 13.8. The zero-order valence-electron chi connectivity index (χ0n) is 10.3. The van der Waals surface area contributed by atoms with E-state index in [4.69, 9.17) is 4.74 Å². The summed E-state index contributed by atoms with van der Waals surface area (Å²) in [5.74, 6) is 1.03. The number of hydrogen-bond donors (Lipinski definition) is 0. The van der Waals surface area contributed by atoms with Gasteiger partial charge in [-0.3, -0.25) is 0 Å². The van der Waals surface area contributed by atoms with Crippen LogP contribution in [0.15, 0.2) is 0 Å². The molecule has 4 atom stereocenters. The Morgan fingerprint density at radius 3 is 2.47 bits per heavy atom. The summed E-state index contributed by atoms with van der Waals surface area (Å²) in [5, 5.41) is 0. The molecular formula is C12H21BrO3S. The van der Waals surface area contributed by atoms with E-state index in [1.54, 1.807) is 0 Å². The van der Waals surface area contributed by atoms with Crippen LogP contribution < -0.4 is 0 Å². The first-order valence-corrected chi connectivity index (χ1v) is 9.25.